The summed E-state index contributed by atoms with van der Waals surface area (Å²) in [5.74, 6) is 0.404. The molecular formula is C20H20F3NO3S. The first-order valence-corrected chi connectivity index (χ1v) is 10.5. The second-order valence-corrected chi connectivity index (χ2v) is 9.06. The van der Waals surface area contributed by atoms with Gasteiger partial charge in [-0.15, -0.1) is 0 Å². The highest BCUT2D eigenvalue weighted by molar-refractivity contribution is 7.88. The molecule has 2 aliphatic rings. The number of benzene rings is 2. The maximum absolute atomic E-state index is 12.5. The van der Waals surface area contributed by atoms with Crippen molar-refractivity contribution in [1.29, 1.82) is 0 Å². The Morgan fingerprint density at radius 3 is 2.54 bits per heavy atom. The van der Waals surface area contributed by atoms with Crippen LogP contribution in [0.3, 0.4) is 0 Å². The van der Waals surface area contributed by atoms with Gasteiger partial charge in [-0.05, 0) is 53.5 Å². The Balaban J connectivity index is 1.52. The second-order valence-electron chi connectivity index (χ2n) is 7.53. The lowest BCUT2D eigenvalue weighted by Crippen LogP contribution is -2.42. The van der Waals surface area contributed by atoms with Crippen molar-refractivity contribution in [3.8, 4) is 5.75 Å². The Morgan fingerprint density at radius 1 is 1.07 bits per heavy atom. The van der Waals surface area contributed by atoms with E-state index in [2.05, 4.69) is 21.2 Å². The first kappa shape index (κ1) is 19.3. The SMILES string of the molecule is O=S(=O)(Oc1ccc2c(c1)CC1CC2CN(Cc2ccccc2)C1)C(F)(F)F. The van der Waals surface area contributed by atoms with Gasteiger partial charge in [0.05, 0.1) is 0 Å². The molecule has 2 atom stereocenters. The van der Waals surface area contributed by atoms with Crippen LogP contribution in [-0.4, -0.2) is 31.9 Å². The molecule has 2 bridgehead atoms. The maximum Gasteiger partial charge on any atom is 0.534 e. The van der Waals surface area contributed by atoms with Gasteiger partial charge in [0.15, 0.2) is 0 Å². The van der Waals surface area contributed by atoms with E-state index in [9.17, 15) is 21.6 Å². The summed E-state index contributed by atoms with van der Waals surface area (Å²) in [6, 6.07) is 14.7. The third kappa shape index (κ3) is 3.89. The lowest BCUT2D eigenvalue weighted by Gasteiger charge is -2.42. The zero-order chi connectivity index (χ0) is 19.9. The topological polar surface area (TPSA) is 46.6 Å². The van der Waals surface area contributed by atoms with Crippen LogP contribution in [0.15, 0.2) is 48.5 Å². The van der Waals surface area contributed by atoms with E-state index in [1.807, 2.05) is 18.2 Å². The van der Waals surface area contributed by atoms with Crippen LogP contribution in [0.25, 0.3) is 0 Å². The molecule has 1 fully saturated rings. The normalized spacial score (nSPS) is 22.5. The number of halogens is 3. The van der Waals surface area contributed by atoms with E-state index in [1.165, 1.54) is 17.7 Å². The number of nitrogens with zero attached hydrogens (tertiary/aromatic N) is 1. The van der Waals surface area contributed by atoms with Gasteiger partial charge in [0, 0.05) is 19.6 Å². The molecule has 0 aromatic heterocycles. The minimum atomic E-state index is -5.65. The molecule has 2 unspecified atom stereocenters. The Kier molecular flexibility index (Phi) is 4.87. The number of hydrogen-bond donors (Lipinski definition) is 0. The van der Waals surface area contributed by atoms with E-state index in [-0.39, 0.29) is 5.75 Å². The fraction of sp³-hybridized carbons (Fsp3) is 0.400. The average molecular weight is 411 g/mol. The molecule has 4 rings (SSSR count). The van der Waals surface area contributed by atoms with E-state index in [0.717, 1.165) is 37.2 Å². The summed E-state index contributed by atoms with van der Waals surface area (Å²) in [6.45, 7) is 2.66. The predicted octanol–water partition coefficient (Wildman–Crippen LogP) is 4.08. The number of alkyl halides is 3. The van der Waals surface area contributed by atoms with Gasteiger partial charge in [-0.2, -0.15) is 21.6 Å². The van der Waals surface area contributed by atoms with Gasteiger partial charge in [0.2, 0.25) is 0 Å². The quantitative estimate of drug-likeness (QED) is 0.562. The summed E-state index contributed by atoms with van der Waals surface area (Å²) in [6.07, 6.45) is 1.75. The van der Waals surface area contributed by atoms with E-state index < -0.39 is 15.6 Å². The van der Waals surface area contributed by atoms with Gasteiger partial charge >= 0.3 is 15.6 Å². The largest absolute Gasteiger partial charge is 0.534 e. The summed E-state index contributed by atoms with van der Waals surface area (Å²) < 4.78 is 64.4. The molecule has 150 valence electrons. The lowest BCUT2D eigenvalue weighted by molar-refractivity contribution is -0.0500. The highest BCUT2D eigenvalue weighted by atomic mass is 32.2. The van der Waals surface area contributed by atoms with E-state index >= 15 is 0 Å². The van der Waals surface area contributed by atoms with Crippen molar-refractivity contribution in [1.82, 2.24) is 4.90 Å². The summed E-state index contributed by atoms with van der Waals surface area (Å²) in [4.78, 5) is 2.41. The first-order chi connectivity index (χ1) is 13.2. The molecule has 0 spiro atoms. The van der Waals surface area contributed by atoms with Crippen molar-refractivity contribution in [2.75, 3.05) is 13.1 Å². The molecule has 1 aliphatic carbocycles. The fourth-order valence-corrected chi connectivity index (χ4v) is 4.79. The third-order valence-electron chi connectivity index (χ3n) is 5.41. The standard InChI is InChI=1S/C20H20F3NO3S/c21-20(22,23)28(25,26)27-18-6-7-19-16(10-18)8-15-9-17(19)13-24(12-15)11-14-4-2-1-3-5-14/h1-7,10,15,17H,8-9,11-13H2. The molecule has 8 heteroatoms. The van der Waals surface area contributed by atoms with Crippen molar-refractivity contribution in [3.63, 3.8) is 0 Å². The van der Waals surface area contributed by atoms with Crippen LogP contribution in [0.2, 0.25) is 0 Å². The molecule has 0 amide bonds. The second kappa shape index (κ2) is 7.08. The summed E-state index contributed by atoms with van der Waals surface area (Å²) in [5.41, 5.74) is -2.22. The molecule has 4 nitrogen and oxygen atoms in total. The summed E-state index contributed by atoms with van der Waals surface area (Å²) in [7, 11) is -5.65. The van der Waals surface area contributed by atoms with Crippen LogP contribution in [0, 0.1) is 5.92 Å². The molecule has 0 saturated carbocycles. The van der Waals surface area contributed by atoms with Crippen LogP contribution in [-0.2, 0) is 23.1 Å². The minimum absolute atomic E-state index is 0.280. The molecule has 0 radical (unpaired) electrons. The summed E-state index contributed by atoms with van der Waals surface area (Å²) >= 11 is 0. The molecule has 28 heavy (non-hydrogen) atoms. The Bertz CT molecular complexity index is 960. The average Bonchev–Trinajstić information content (AvgIpc) is 2.61. The van der Waals surface area contributed by atoms with Gasteiger partial charge in [0.1, 0.15) is 5.75 Å². The Labute approximate surface area is 162 Å². The number of fused-ring (bicyclic) bond motifs is 4. The van der Waals surface area contributed by atoms with Crippen molar-refractivity contribution >= 4 is 10.1 Å². The zero-order valence-electron chi connectivity index (χ0n) is 15.0. The molecule has 1 heterocycles. The third-order valence-corrected chi connectivity index (χ3v) is 6.39. The summed E-state index contributed by atoms with van der Waals surface area (Å²) in [5, 5.41) is 0. The van der Waals surface area contributed by atoms with Crippen LogP contribution in [0.4, 0.5) is 13.2 Å². The minimum Gasteiger partial charge on any atom is -0.376 e. The molecular weight excluding hydrogens is 391 g/mol. The molecule has 1 aliphatic heterocycles. The number of rotatable bonds is 4. The van der Waals surface area contributed by atoms with Gasteiger partial charge < -0.3 is 4.18 Å². The van der Waals surface area contributed by atoms with Crippen molar-refractivity contribution < 1.29 is 25.8 Å². The van der Waals surface area contributed by atoms with E-state index in [4.69, 9.17) is 0 Å². The Hall–Kier alpha value is -2.06. The lowest BCUT2D eigenvalue weighted by atomic mass is 9.74. The highest BCUT2D eigenvalue weighted by Crippen LogP contribution is 2.41. The molecule has 2 aromatic carbocycles. The number of likely N-dealkylation sites (tertiary alicyclic amines) is 1. The highest BCUT2D eigenvalue weighted by Gasteiger charge is 2.48. The molecule has 2 aromatic rings. The number of hydrogen-bond acceptors (Lipinski definition) is 4. The van der Waals surface area contributed by atoms with Gasteiger partial charge in [-0.25, -0.2) is 0 Å². The van der Waals surface area contributed by atoms with E-state index in [0.29, 0.717) is 18.3 Å². The molecule has 0 N–H and O–H groups in total. The first-order valence-electron chi connectivity index (χ1n) is 9.11. The smallest absolute Gasteiger partial charge is 0.376 e. The molecule has 1 saturated heterocycles. The van der Waals surface area contributed by atoms with Crippen molar-refractivity contribution in [2.24, 2.45) is 5.92 Å². The van der Waals surface area contributed by atoms with Crippen molar-refractivity contribution in [3.05, 3.63) is 65.2 Å². The number of piperidine rings is 1. The van der Waals surface area contributed by atoms with Crippen LogP contribution in [0.1, 0.15) is 29.0 Å². The van der Waals surface area contributed by atoms with Crippen LogP contribution >= 0.6 is 0 Å². The fourth-order valence-electron chi connectivity index (χ4n) is 4.34. The van der Waals surface area contributed by atoms with Crippen LogP contribution < -0.4 is 4.18 Å². The van der Waals surface area contributed by atoms with Gasteiger partial charge in [0.25, 0.3) is 0 Å². The van der Waals surface area contributed by atoms with Crippen molar-refractivity contribution in [2.45, 2.75) is 30.8 Å². The van der Waals surface area contributed by atoms with Crippen LogP contribution in [0.5, 0.6) is 5.75 Å². The predicted molar refractivity (Wildman–Crippen MR) is 98.3 cm³/mol. The zero-order valence-corrected chi connectivity index (χ0v) is 15.8. The maximum atomic E-state index is 12.5. The monoisotopic (exact) mass is 411 g/mol. The van der Waals surface area contributed by atoms with E-state index in [1.54, 1.807) is 6.07 Å². The Morgan fingerprint density at radius 2 is 1.82 bits per heavy atom. The van der Waals surface area contributed by atoms with Gasteiger partial charge in [-0.1, -0.05) is 36.4 Å². The van der Waals surface area contributed by atoms with Gasteiger partial charge in [-0.3, -0.25) is 4.90 Å².